The van der Waals surface area contributed by atoms with Gasteiger partial charge in [0.15, 0.2) is 0 Å². The summed E-state index contributed by atoms with van der Waals surface area (Å²) in [7, 11) is 0. The number of anilines is 1. The van der Waals surface area contributed by atoms with Crippen LogP contribution < -0.4 is 10.6 Å². The molecule has 6 heteroatoms. The number of pyridine rings is 3. The van der Waals surface area contributed by atoms with E-state index < -0.39 is 0 Å². The maximum Gasteiger partial charge on any atom is 0.270 e. The molecular weight excluding hydrogens is 302 g/mol. The van der Waals surface area contributed by atoms with E-state index >= 15 is 0 Å². The quantitative estimate of drug-likeness (QED) is 0.729. The van der Waals surface area contributed by atoms with Crippen LogP contribution in [-0.4, -0.2) is 20.9 Å². The van der Waals surface area contributed by atoms with Gasteiger partial charge < -0.3 is 10.6 Å². The van der Waals surface area contributed by atoms with E-state index in [1.165, 1.54) is 0 Å². The van der Waals surface area contributed by atoms with Crippen molar-refractivity contribution < 1.29 is 4.79 Å². The van der Waals surface area contributed by atoms with E-state index in [0.717, 1.165) is 16.9 Å². The Kier molecular flexibility index (Phi) is 5.09. The highest BCUT2D eigenvalue weighted by molar-refractivity contribution is 5.92. The monoisotopic (exact) mass is 319 g/mol. The van der Waals surface area contributed by atoms with Crippen molar-refractivity contribution in [2.75, 3.05) is 5.32 Å². The van der Waals surface area contributed by atoms with Gasteiger partial charge in [0.05, 0.1) is 24.1 Å². The van der Waals surface area contributed by atoms with E-state index in [1.807, 2.05) is 36.4 Å². The van der Waals surface area contributed by atoms with Gasteiger partial charge in [0.25, 0.3) is 5.91 Å². The van der Waals surface area contributed by atoms with Crippen LogP contribution in [-0.2, 0) is 13.1 Å². The van der Waals surface area contributed by atoms with Crippen LogP contribution in [0.4, 0.5) is 5.69 Å². The Morgan fingerprint density at radius 2 is 1.88 bits per heavy atom. The van der Waals surface area contributed by atoms with Gasteiger partial charge in [-0.3, -0.25) is 14.8 Å². The first kappa shape index (κ1) is 15.6. The maximum atomic E-state index is 12.1. The fourth-order valence-corrected chi connectivity index (χ4v) is 2.10. The number of nitrogens with one attached hydrogen (secondary N) is 2. The average molecular weight is 319 g/mol. The molecule has 3 rings (SSSR count). The third-order valence-corrected chi connectivity index (χ3v) is 3.37. The Hall–Kier alpha value is -3.28. The summed E-state index contributed by atoms with van der Waals surface area (Å²) in [5, 5.41) is 6.04. The van der Waals surface area contributed by atoms with Gasteiger partial charge in [0.2, 0.25) is 0 Å². The van der Waals surface area contributed by atoms with Crippen molar-refractivity contribution in [2.24, 2.45) is 0 Å². The minimum atomic E-state index is -0.213. The van der Waals surface area contributed by atoms with E-state index in [4.69, 9.17) is 0 Å². The second-order valence-electron chi connectivity index (χ2n) is 5.15. The predicted molar refractivity (Wildman–Crippen MR) is 91.2 cm³/mol. The molecule has 0 radical (unpaired) electrons. The molecule has 120 valence electrons. The molecule has 0 saturated heterocycles. The van der Waals surface area contributed by atoms with Crippen LogP contribution in [0.2, 0.25) is 0 Å². The van der Waals surface area contributed by atoms with Crippen LogP contribution >= 0.6 is 0 Å². The number of nitrogens with zero attached hydrogens (tertiary/aromatic N) is 3. The molecule has 1 amide bonds. The number of aromatic nitrogens is 3. The Morgan fingerprint density at radius 1 is 0.917 bits per heavy atom. The molecule has 0 aromatic carbocycles. The van der Waals surface area contributed by atoms with Gasteiger partial charge in [-0.1, -0.05) is 12.1 Å². The van der Waals surface area contributed by atoms with Crippen molar-refractivity contribution in [3.05, 3.63) is 84.2 Å². The summed E-state index contributed by atoms with van der Waals surface area (Å²) in [6.45, 7) is 1.03. The number of carbonyl (C=O) groups excluding carboxylic acids is 1. The third kappa shape index (κ3) is 4.36. The maximum absolute atomic E-state index is 12.1. The van der Waals surface area contributed by atoms with Gasteiger partial charge in [-0.05, 0) is 35.9 Å². The Bertz CT molecular complexity index is 776. The van der Waals surface area contributed by atoms with Crippen LogP contribution in [0.25, 0.3) is 0 Å². The average Bonchev–Trinajstić information content (AvgIpc) is 2.66. The van der Waals surface area contributed by atoms with Gasteiger partial charge in [-0.25, -0.2) is 4.98 Å². The van der Waals surface area contributed by atoms with Crippen molar-refractivity contribution in [3.8, 4) is 0 Å². The molecule has 0 saturated carbocycles. The molecule has 6 nitrogen and oxygen atoms in total. The number of hydrogen-bond acceptors (Lipinski definition) is 5. The molecule has 0 aliphatic heterocycles. The largest absolute Gasteiger partial charge is 0.378 e. The number of hydrogen-bond donors (Lipinski definition) is 2. The van der Waals surface area contributed by atoms with Crippen molar-refractivity contribution in [1.29, 1.82) is 0 Å². The van der Waals surface area contributed by atoms with Crippen LogP contribution in [0.15, 0.2) is 67.3 Å². The first-order chi connectivity index (χ1) is 11.8. The summed E-state index contributed by atoms with van der Waals surface area (Å²) in [5.41, 5.74) is 3.10. The second-order valence-corrected chi connectivity index (χ2v) is 5.15. The second kappa shape index (κ2) is 7.82. The van der Waals surface area contributed by atoms with Gasteiger partial charge in [-0.15, -0.1) is 0 Å². The Labute approximate surface area is 140 Å². The molecule has 0 bridgehead atoms. The highest BCUT2D eigenvalue weighted by atomic mass is 16.1. The molecule has 0 fully saturated rings. The fraction of sp³-hybridized carbons (Fsp3) is 0.111. The molecule has 0 aliphatic rings. The Morgan fingerprint density at radius 3 is 2.58 bits per heavy atom. The third-order valence-electron chi connectivity index (χ3n) is 3.37. The van der Waals surface area contributed by atoms with E-state index in [-0.39, 0.29) is 5.91 Å². The lowest BCUT2D eigenvalue weighted by atomic mass is 10.2. The topological polar surface area (TPSA) is 79.8 Å². The van der Waals surface area contributed by atoms with Crippen LogP contribution in [0.1, 0.15) is 21.7 Å². The van der Waals surface area contributed by atoms with E-state index in [0.29, 0.717) is 18.8 Å². The number of amides is 1. The van der Waals surface area contributed by atoms with Gasteiger partial charge in [-0.2, -0.15) is 0 Å². The Balaban J connectivity index is 1.53. The SMILES string of the molecule is O=C(NCc1cccnc1)c1ccc(NCc2ccccn2)cn1. The smallest absolute Gasteiger partial charge is 0.270 e. The van der Waals surface area contributed by atoms with E-state index in [9.17, 15) is 4.79 Å². The zero-order valence-corrected chi connectivity index (χ0v) is 13.0. The van der Waals surface area contributed by atoms with Crippen molar-refractivity contribution in [1.82, 2.24) is 20.3 Å². The highest BCUT2D eigenvalue weighted by Gasteiger charge is 2.07. The van der Waals surface area contributed by atoms with Crippen molar-refractivity contribution in [2.45, 2.75) is 13.1 Å². The zero-order chi connectivity index (χ0) is 16.6. The summed E-state index contributed by atoms with van der Waals surface area (Å²) in [5.74, 6) is -0.213. The lowest BCUT2D eigenvalue weighted by molar-refractivity contribution is 0.0946. The molecular formula is C18H17N5O. The molecule has 0 unspecified atom stereocenters. The lowest BCUT2D eigenvalue weighted by Crippen LogP contribution is -2.23. The van der Waals surface area contributed by atoms with Crippen LogP contribution in [0.5, 0.6) is 0 Å². The molecule has 24 heavy (non-hydrogen) atoms. The first-order valence-electron chi connectivity index (χ1n) is 7.58. The summed E-state index contributed by atoms with van der Waals surface area (Å²) in [4.78, 5) is 24.5. The highest BCUT2D eigenvalue weighted by Crippen LogP contribution is 2.08. The van der Waals surface area contributed by atoms with Crippen LogP contribution in [0, 0.1) is 0 Å². The van der Waals surface area contributed by atoms with Gasteiger partial charge in [0.1, 0.15) is 5.69 Å². The fourth-order valence-electron chi connectivity index (χ4n) is 2.10. The summed E-state index contributed by atoms with van der Waals surface area (Å²) >= 11 is 0. The van der Waals surface area contributed by atoms with E-state index in [2.05, 4.69) is 25.6 Å². The minimum absolute atomic E-state index is 0.213. The predicted octanol–water partition coefficient (Wildman–Crippen LogP) is 2.41. The zero-order valence-electron chi connectivity index (χ0n) is 13.0. The summed E-state index contributed by atoms with van der Waals surface area (Å²) in [6.07, 6.45) is 6.81. The van der Waals surface area contributed by atoms with Gasteiger partial charge >= 0.3 is 0 Å². The standard InChI is InChI=1S/C18H17N5O/c24-18(23-11-14-4-3-8-19-10-14)17-7-6-16(13-22-17)21-12-15-5-1-2-9-20-15/h1-10,13,21H,11-12H2,(H,23,24). The lowest BCUT2D eigenvalue weighted by Gasteiger charge is -2.07. The van der Waals surface area contributed by atoms with Gasteiger partial charge in [0, 0.05) is 25.1 Å². The minimum Gasteiger partial charge on any atom is -0.378 e. The molecule has 0 atom stereocenters. The summed E-state index contributed by atoms with van der Waals surface area (Å²) in [6, 6.07) is 13.0. The first-order valence-corrected chi connectivity index (χ1v) is 7.58. The van der Waals surface area contributed by atoms with Crippen molar-refractivity contribution >= 4 is 11.6 Å². The molecule has 2 N–H and O–H groups in total. The molecule has 3 aromatic rings. The molecule has 3 heterocycles. The van der Waals surface area contributed by atoms with E-state index in [1.54, 1.807) is 30.9 Å². The number of carbonyl (C=O) groups is 1. The molecule has 0 aliphatic carbocycles. The molecule has 0 spiro atoms. The summed E-state index contributed by atoms with van der Waals surface area (Å²) < 4.78 is 0. The molecule has 3 aromatic heterocycles. The van der Waals surface area contributed by atoms with Crippen LogP contribution in [0.3, 0.4) is 0 Å². The number of rotatable bonds is 6. The van der Waals surface area contributed by atoms with Crippen molar-refractivity contribution in [3.63, 3.8) is 0 Å². The normalized spacial score (nSPS) is 10.2.